The Balaban J connectivity index is 2.45. The van der Waals surface area contributed by atoms with E-state index in [0.29, 0.717) is 12.5 Å². The van der Waals surface area contributed by atoms with Crippen LogP contribution in [0.5, 0.6) is 0 Å². The Hall–Kier alpha value is -1.59. The largest absolute Gasteiger partial charge is 0.355 e. The van der Waals surface area contributed by atoms with Gasteiger partial charge in [-0.3, -0.25) is 14.5 Å². The van der Waals surface area contributed by atoms with Crippen molar-refractivity contribution >= 4 is 17.8 Å². The van der Waals surface area contributed by atoms with E-state index >= 15 is 0 Å². The molecular weight excluding hydrogens is 234 g/mol. The number of carbonyl (C=O) groups is 3. The minimum absolute atomic E-state index is 0.216. The summed E-state index contributed by atoms with van der Waals surface area (Å²) in [6, 6.07) is -0.510. The van der Waals surface area contributed by atoms with Gasteiger partial charge in [-0.1, -0.05) is 13.8 Å². The van der Waals surface area contributed by atoms with Crippen LogP contribution < -0.4 is 10.6 Å². The number of amides is 4. The normalized spacial score (nSPS) is 18.2. The zero-order chi connectivity index (χ0) is 13.9. The highest BCUT2D eigenvalue weighted by Crippen LogP contribution is 2.15. The monoisotopic (exact) mass is 255 g/mol. The van der Waals surface area contributed by atoms with Crippen molar-refractivity contribution in [2.24, 2.45) is 5.92 Å². The van der Waals surface area contributed by atoms with Crippen LogP contribution in [0, 0.1) is 5.92 Å². The van der Waals surface area contributed by atoms with Gasteiger partial charge >= 0.3 is 6.03 Å². The summed E-state index contributed by atoms with van der Waals surface area (Å²) >= 11 is 0. The van der Waals surface area contributed by atoms with Crippen LogP contribution in [0.15, 0.2) is 0 Å². The third-order valence-electron chi connectivity index (χ3n) is 2.79. The van der Waals surface area contributed by atoms with Gasteiger partial charge in [0.2, 0.25) is 5.91 Å². The first-order chi connectivity index (χ1) is 8.24. The molecule has 0 aliphatic carbocycles. The molecule has 0 aromatic carbocycles. The van der Waals surface area contributed by atoms with Gasteiger partial charge in [0.1, 0.15) is 12.1 Å². The lowest BCUT2D eigenvalue weighted by molar-refractivity contribution is -0.134. The van der Waals surface area contributed by atoms with Crippen LogP contribution in [0.4, 0.5) is 4.79 Å². The van der Waals surface area contributed by atoms with Gasteiger partial charge in [0, 0.05) is 6.54 Å². The lowest BCUT2D eigenvalue weighted by Gasteiger charge is -2.15. The molecule has 0 atom stereocenters. The lowest BCUT2D eigenvalue weighted by atomic mass is 10.1. The molecule has 1 heterocycles. The van der Waals surface area contributed by atoms with Gasteiger partial charge in [-0.05, 0) is 26.2 Å². The van der Waals surface area contributed by atoms with Crippen molar-refractivity contribution in [1.29, 1.82) is 0 Å². The van der Waals surface area contributed by atoms with Crippen LogP contribution >= 0.6 is 0 Å². The van der Waals surface area contributed by atoms with Gasteiger partial charge in [-0.2, -0.15) is 0 Å². The highest BCUT2D eigenvalue weighted by Gasteiger charge is 2.44. The molecule has 1 rings (SSSR count). The van der Waals surface area contributed by atoms with Crippen molar-refractivity contribution < 1.29 is 14.4 Å². The number of hydrogen-bond acceptors (Lipinski definition) is 3. The quantitative estimate of drug-likeness (QED) is 0.701. The molecule has 0 bridgehead atoms. The van der Waals surface area contributed by atoms with Crippen LogP contribution in [-0.4, -0.2) is 41.4 Å². The van der Waals surface area contributed by atoms with Crippen molar-refractivity contribution in [3.05, 3.63) is 0 Å². The first kappa shape index (κ1) is 14.5. The van der Waals surface area contributed by atoms with Crippen LogP contribution in [-0.2, 0) is 9.59 Å². The highest BCUT2D eigenvalue weighted by atomic mass is 16.2. The fourth-order valence-corrected chi connectivity index (χ4v) is 1.66. The van der Waals surface area contributed by atoms with Crippen molar-refractivity contribution in [1.82, 2.24) is 15.5 Å². The summed E-state index contributed by atoms with van der Waals surface area (Å²) in [7, 11) is 0. The number of hydrogen-bond donors (Lipinski definition) is 2. The second kappa shape index (κ2) is 5.37. The molecule has 1 aliphatic rings. The van der Waals surface area contributed by atoms with E-state index < -0.39 is 11.6 Å². The Labute approximate surface area is 107 Å². The Morgan fingerprint density at radius 3 is 2.44 bits per heavy atom. The Kier molecular flexibility index (Phi) is 4.32. The number of nitrogens with one attached hydrogen (secondary N) is 2. The average molecular weight is 255 g/mol. The molecule has 0 spiro atoms. The standard InChI is InChI=1S/C12H21N3O3/c1-8(2)5-6-13-9(16)7-15-10(17)12(3,4)14-11(15)18/h8H,5-7H2,1-4H3,(H,13,16)(H,14,18). The molecule has 2 N–H and O–H groups in total. The summed E-state index contributed by atoms with van der Waals surface area (Å²) in [5.74, 6) is -0.177. The Morgan fingerprint density at radius 1 is 1.39 bits per heavy atom. The van der Waals surface area contributed by atoms with E-state index in [-0.39, 0.29) is 18.4 Å². The maximum atomic E-state index is 11.8. The number of rotatable bonds is 5. The molecule has 1 saturated heterocycles. The van der Waals surface area contributed by atoms with Crippen LogP contribution in [0.1, 0.15) is 34.1 Å². The summed E-state index contributed by atoms with van der Waals surface area (Å²) in [6.45, 7) is 7.70. The van der Waals surface area contributed by atoms with E-state index in [2.05, 4.69) is 24.5 Å². The van der Waals surface area contributed by atoms with E-state index in [9.17, 15) is 14.4 Å². The minimum Gasteiger partial charge on any atom is -0.355 e. The molecule has 4 amide bonds. The third-order valence-corrected chi connectivity index (χ3v) is 2.79. The number of nitrogens with zero attached hydrogens (tertiary/aromatic N) is 1. The smallest absolute Gasteiger partial charge is 0.325 e. The van der Waals surface area contributed by atoms with E-state index in [1.54, 1.807) is 13.8 Å². The van der Waals surface area contributed by atoms with Gasteiger partial charge in [-0.25, -0.2) is 4.79 Å². The van der Waals surface area contributed by atoms with E-state index in [1.165, 1.54) is 0 Å². The molecule has 0 aromatic rings. The van der Waals surface area contributed by atoms with Crippen LogP contribution in [0.2, 0.25) is 0 Å². The SMILES string of the molecule is CC(C)CCNC(=O)CN1C(=O)NC(C)(C)C1=O. The third kappa shape index (κ3) is 3.45. The minimum atomic E-state index is -0.921. The van der Waals surface area contributed by atoms with Gasteiger partial charge in [0.15, 0.2) is 0 Å². The van der Waals surface area contributed by atoms with Crippen molar-refractivity contribution in [3.8, 4) is 0 Å². The number of carbonyl (C=O) groups excluding carboxylic acids is 3. The molecule has 0 saturated carbocycles. The fraction of sp³-hybridized carbons (Fsp3) is 0.750. The average Bonchev–Trinajstić information content (AvgIpc) is 2.40. The molecule has 6 heteroatoms. The molecule has 1 aliphatic heterocycles. The summed E-state index contributed by atoms with van der Waals surface area (Å²) in [5.41, 5.74) is -0.921. The van der Waals surface area contributed by atoms with Gasteiger partial charge in [0.05, 0.1) is 0 Å². The molecule has 18 heavy (non-hydrogen) atoms. The Morgan fingerprint density at radius 2 is 2.00 bits per heavy atom. The summed E-state index contributed by atoms with van der Waals surface area (Å²) in [6.07, 6.45) is 0.872. The maximum absolute atomic E-state index is 11.8. The van der Waals surface area contributed by atoms with Crippen LogP contribution in [0.25, 0.3) is 0 Å². The van der Waals surface area contributed by atoms with Crippen molar-refractivity contribution in [3.63, 3.8) is 0 Å². The van der Waals surface area contributed by atoms with E-state index in [4.69, 9.17) is 0 Å². The number of imide groups is 1. The highest BCUT2D eigenvalue weighted by molar-refractivity contribution is 6.08. The first-order valence-corrected chi connectivity index (χ1v) is 6.15. The maximum Gasteiger partial charge on any atom is 0.325 e. The molecule has 0 unspecified atom stereocenters. The molecule has 102 valence electrons. The molecule has 6 nitrogen and oxygen atoms in total. The summed E-state index contributed by atoms with van der Waals surface area (Å²) in [4.78, 5) is 35.9. The zero-order valence-corrected chi connectivity index (χ0v) is 11.4. The van der Waals surface area contributed by atoms with Crippen LogP contribution in [0.3, 0.4) is 0 Å². The predicted molar refractivity (Wildman–Crippen MR) is 66.8 cm³/mol. The molecular formula is C12H21N3O3. The number of urea groups is 1. The zero-order valence-electron chi connectivity index (χ0n) is 11.4. The van der Waals surface area contributed by atoms with E-state index in [1.807, 2.05) is 0 Å². The van der Waals surface area contributed by atoms with Gasteiger partial charge in [-0.15, -0.1) is 0 Å². The first-order valence-electron chi connectivity index (χ1n) is 6.15. The van der Waals surface area contributed by atoms with E-state index in [0.717, 1.165) is 11.3 Å². The van der Waals surface area contributed by atoms with Gasteiger partial charge < -0.3 is 10.6 Å². The predicted octanol–water partition coefficient (Wildman–Crippen LogP) is 0.479. The molecule has 0 aromatic heterocycles. The second-order valence-electron chi connectivity index (χ2n) is 5.48. The molecule has 0 radical (unpaired) electrons. The van der Waals surface area contributed by atoms with Gasteiger partial charge in [0.25, 0.3) is 5.91 Å². The lowest BCUT2D eigenvalue weighted by Crippen LogP contribution is -2.43. The van der Waals surface area contributed by atoms with Crippen molar-refractivity contribution in [2.45, 2.75) is 39.7 Å². The molecule has 1 fully saturated rings. The topological polar surface area (TPSA) is 78.5 Å². The Bertz CT molecular complexity index is 364. The second-order valence-corrected chi connectivity index (χ2v) is 5.48. The summed E-state index contributed by atoms with van der Waals surface area (Å²) < 4.78 is 0. The van der Waals surface area contributed by atoms with Crippen molar-refractivity contribution in [2.75, 3.05) is 13.1 Å². The summed E-state index contributed by atoms with van der Waals surface area (Å²) in [5, 5.41) is 5.23. The fourth-order valence-electron chi connectivity index (χ4n) is 1.66.